The van der Waals surface area contributed by atoms with Crippen molar-refractivity contribution < 1.29 is 9.18 Å². The Balaban J connectivity index is 1.80. The number of aryl methyl sites for hydroxylation is 2. The summed E-state index contributed by atoms with van der Waals surface area (Å²) in [5.41, 5.74) is 3.07. The predicted octanol–water partition coefficient (Wildman–Crippen LogP) is 2.72. The lowest BCUT2D eigenvalue weighted by Gasteiger charge is -2.07. The zero-order chi connectivity index (χ0) is 14.5. The highest BCUT2D eigenvalue weighted by atomic mass is 19.1. The third-order valence-corrected chi connectivity index (χ3v) is 3.47. The summed E-state index contributed by atoms with van der Waals surface area (Å²) in [5.74, 6) is -0.282. The fraction of sp³-hybridized carbons (Fsp3) is 0.312. The highest BCUT2D eigenvalue weighted by Gasteiger charge is 2.05. The molecule has 1 aromatic carbocycles. The van der Waals surface area contributed by atoms with Crippen LogP contribution in [-0.4, -0.2) is 10.5 Å². The van der Waals surface area contributed by atoms with Crippen molar-refractivity contribution >= 4 is 5.91 Å². The summed E-state index contributed by atoms with van der Waals surface area (Å²) >= 11 is 0. The fourth-order valence-electron chi connectivity index (χ4n) is 2.07. The largest absolute Gasteiger partial charge is 0.351 e. The molecule has 2 rings (SSSR count). The van der Waals surface area contributed by atoms with Gasteiger partial charge in [-0.15, -0.1) is 0 Å². The second-order valence-corrected chi connectivity index (χ2v) is 4.93. The zero-order valence-corrected chi connectivity index (χ0v) is 11.8. The first kappa shape index (κ1) is 14.3. The van der Waals surface area contributed by atoms with E-state index in [1.54, 1.807) is 6.07 Å². The summed E-state index contributed by atoms with van der Waals surface area (Å²) < 4.78 is 15.1. The molecule has 2 aromatic rings. The van der Waals surface area contributed by atoms with Crippen molar-refractivity contribution in [3.05, 3.63) is 59.2 Å². The van der Waals surface area contributed by atoms with Crippen molar-refractivity contribution in [1.82, 2.24) is 9.88 Å². The van der Waals surface area contributed by atoms with E-state index < -0.39 is 0 Å². The van der Waals surface area contributed by atoms with Crippen LogP contribution in [0.15, 0.2) is 36.4 Å². The molecular formula is C16H19FN2O. The van der Waals surface area contributed by atoms with E-state index >= 15 is 0 Å². The van der Waals surface area contributed by atoms with E-state index in [0.29, 0.717) is 19.4 Å². The number of amides is 1. The van der Waals surface area contributed by atoms with E-state index in [9.17, 15) is 9.18 Å². The molecule has 0 spiro atoms. The van der Waals surface area contributed by atoms with Crippen LogP contribution in [0.1, 0.15) is 23.4 Å². The van der Waals surface area contributed by atoms with Crippen LogP contribution < -0.4 is 5.32 Å². The van der Waals surface area contributed by atoms with E-state index in [-0.39, 0.29) is 11.7 Å². The molecule has 0 saturated carbocycles. The van der Waals surface area contributed by atoms with E-state index in [2.05, 4.69) is 5.32 Å². The fourth-order valence-corrected chi connectivity index (χ4v) is 2.07. The van der Waals surface area contributed by atoms with Crippen molar-refractivity contribution in [2.45, 2.75) is 26.3 Å². The first-order valence-electron chi connectivity index (χ1n) is 6.68. The number of hydrogen-bond donors (Lipinski definition) is 1. The Morgan fingerprint density at radius 3 is 2.75 bits per heavy atom. The van der Waals surface area contributed by atoms with Crippen LogP contribution in [-0.2, 0) is 24.8 Å². The highest BCUT2D eigenvalue weighted by molar-refractivity contribution is 5.76. The van der Waals surface area contributed by atoms with E-state index in [1.807, 2.05) is 36.7 Å². The van der Waals surface area contributed by atoms with Gasteiger partial charge in [0.15, 0.2) is 0 Å². The van der Waals surface area contributed by atoms with Crippen LogP contribution >= 0.6 is 0 Å². The van der Waals surface area contributed by atoms with Crippen molar-refractivity contribution in [1.29, 1.82) is 0 Å². The van der Waals surface area contributed by atoms with E-state index in [4.69, 9.17) is 0 Å². The molecule has 106 valence electrons. The Morgan fingerprint density at radius 1 is 1.30 bits per heavy atom. The average molecular weight is 274 g/mol. The molecule has 0 saturated heterocycles. The van der Waals surface area contributed by atoms with Crippen molar-refractivity contribution in [2.75, 3.05) is 0 Å². The van der Waals surface area contributed by atoms with Crippen LogP contribution in [0.25, 0.3) is 0 Å². The summed E-state index contributed by atoms with van der Waals surface area (Å²) in [5, 5.41) is 2.88. The van der Waals surface area contributed by atoms with Crippen LogP contribution in [0.5, 0.6) is 0 Å². The average Bonchev–Trinajstić information content (AvgIpc) is 2.74. The quantitative estimate of drug-likeness (QED) is 0.893. The number of halogens is 1. The van der Waals surface area contributed by atoms with Crippen molar-refractivity contribution in [2.24, 2.45) is 7.05 Å². The molecule has 0 unspecified atom stereocenters. The number of aromatic nitrogens is 1. The molecule has 20 heavy (non-hydrogen) atoms. The topological polar surface area (TPSA) is 34.0 Å². The van der Waals surface area contributed by atoms with Crippen LogP contribution in [0.4, 0.5) is 4.39 Å². The minimum absolute atomic E-state index is 0.0203. The molecule has 0 aliphatic carbocycles. The maximum Gasteiger partial charge on any atom is 0.220 e. The molecule has 0 aliphatic rings. The lowest BCUT2D eigenvalue weighted by molar-refractivity contribution is -0.121. The lowest BCUT2D eigenvalue weighted by atomic mass is 10.1. The van der Waals surface area contributed by atoms with Gasteiger partial charge in [-0.1, -0.05) is 12.1 Å². The Hall–Kier alpha value is -2.10. The molecule has 0 atom stereocenters. The molecule has 3 nitrogen and oxygen atoms in total. The van der Waals surface area contributed by atoms with Gasteiger partial charge in [0.1, 0.15) is 5.82 Å². The van der Waals surface area contributed by atoms with Gasteiger partial charge in [0.2, 0.25) is 5.91 Å². The van der Waals surface area contributed by atoms with Gasteiger partial charge in [-0.05, 0) is 43.2 Å². The van der Waals surface area contributed by atoms with Gasteiger partial charge >= 0.3 is 0 Å². The van der Waals surface area contributed by atoms with Gasteiger partial charge in [0.25, 0.3) is 0 Å². The second kappa shape index (κ2) is 6.37. The number of nitrogens with one attached hydrogen (secondary N) is 1. The number of carbonyl (C=O) groups excluding carboxylic acids is 1. The van der Waals surface area contributed by atoms with Gasteiger partial charge in [-0.2, -0.15) is 0 Å². The van der Waals surface area contributed by atoms with Crippen LogP contribution in [0.3, 0.4) is 0 Å². The number of nitrogens with zero attached hydrogens (tertiary/aromatic N) is 1. The smallest absolute Gasteiger partial charge is 0.220 e. The number of benzene rings is 1. The summed E-state index contributed by atoms with van der Waals surface area (Å²) in [6.45, 7) is 2.54. The third kappa shape index (κ3) is 3.70. The standard InChI is InChI=1S/C16H19FN2O/c1-12-6-8-15(19(12)2)11-18-16(20)9-7-13-4-3-5-14(17)10-13/h3-6,8,10H,7,9,11H2,1-2H3,(H,18,20). The van der Waals surface area contributed by atoms with Crippen LogP contribution in [0, 0.1) is 12.7 Å². The molecule has 0 radical (unpaired) electrons. The molecule has 0 bridgehead atoms. The van der Waals surface area contributed by atoms with Crippen LogP contribution in [0.2, 0.25) is 0 Å². The summed E-state index contributed by atoms with van der Waals surface area (Å²) in [7, 11) is 1.98. The monoisotopic (exact) mass is 274 g/mol. The summed E-state index contributed by atoms with van der Waals surface area (Å²) in [4.78, 5) is 11.8. The van der Waals surface area contributed by atoms with Gasteiger partial charge in [0.05, 0.1) is 6.54 Å². The molecule has 0 fully saturated rings. The molecule has 0 aliphatic heterocycles. The van der Waals surface area contributed by atoms with Gasteiger partial charge in [-0.3, -0.25) is 4.79 Å². The van der Waals surface area contributed by atoms with Gasteiger partial charge < -0.3 is 9.88 Å². The molecular weight excluding hydrogens is 255 g/mol. The first-order chi connectivity index (χ1) is 9.56. The highest BCUT2D eigenvalue weighted by Crippen LogP contribution is 2.07. The van der Waals surface area contributed by atoms with Gasteiger partial charge in [0, 0.05) is 24.9 Å². The maximum absolute atomic E-state index is 13.0. The Labute approximate surface area is 118 Å². The SMILES string of the molecule is Cc1ccc(CNC(=O)CCc2cccc(F)c2)n1C. The molecule has 4 heteroatoms. The van der Waals surface area contributed by atoms with E-state index in [0.717, 1.165) is 17.0 Å². The zero-order valence-electron chi connectivity index (χ0n) is 11.8. The number of hydrogen-bond acceptors (Lipinski definition) is 1. The second-order valence-electron chi connectivity index (χ2n) is 4.93. The molecule has 1 amide bonds. The maximum atomic E-state index is 13.0. The molecule has 1 aromatic heterocycles. The lowest BCUT2D eigenvalue weighted by Crippen LogP contribution is -2.24. The Morgan fingerprint density at radius 2 is 2.10 bits per heavy atom. The number of rotatable bonds is 5. The van der Waals surface area contributed by atoms with Crippen molar-refractivity contribution in [3.63, 3.8) is 0 Å². The Bertz CT molecular complexity index is 604. The first-order valence-corrected chi connectivity index (χ1v) is 6.68. The summed E-state index contributed by atoms with van der Waals surface area (Å²) in [6.07, 6.45) is 0.919. The van der Waals surface area contributed by atoms with Crippen molar-refractivity contribution in [3.8, 4) is 0 Å². The minimum Gasteiger partial charge on any atom is -0.351 e. The molecule has 1 N–H and O–H groups in total. The third-order valence-electron chi connectivity index (χ3n) is 3.47. The minimum atomic E-state index is -0.262. The summed E-state index contributed by atoms with van der Waals surface area (Å²) in [6, 6.07) is 10.4. The van der Waals surface area contributed by atoms with E-state index in [1.165, 1.54) is 12.1 Å². The normalized spacial score (nSPS) is 10.6. The molecule has 1 heterocycles. The number of carbonyl (C=O) groups is 1. The Kier molecular flexibility index (Phi) is 4.56. The van der Waals surface area contributed by atoms with Gasteiger partial charge in [-0.25, -0.2) is 4.39 Å². The predicted molar refractivity (Wildman–Crippen MR) is 76.7 cm³/mol.